The van der Waals surface area contributed by atoms with Gasteiger partial charge >= 0.3 is 6.03 Å². The van der Waals surface area contributed by atoms with Crippen molar-refractivity contribution in [3.63, 3.8) is 0 Å². The van der Waals surface area contributed by atoms with Crippen LogP contribution in [0.3, 0.4) is 0 Å². The van der Waals surface area contributed by atoms with Gasteiger partial charge in [-0.3, -0.25) is 4.79 Å². The summed E-state index contributed by atoms with van der Waals surface area (Å²) >= 11 is 1.25. The van der Waals surface area contributed by atoms with Crippen LogP contribution < -0.4 is 24.8 Å². The van der Waals surface area contributed by atoms with E-state index in [0.717, 1.165) is 17.8 Å². The van der Waals surface area contributed by atoms with E-state index in [1.165, 1.54) is 11.3 Å². The van der Waals surface area contributed by atoms with E-state index in [-0.39, 0.29) is 22.9 Å². The number of carbonyl (C=O) groups is 2. The van der Waals surface area contributed by atoms with E-state index in [2.05, 4.69) is 20.8 Å². The van der Waals surface area contributed by atoms with Crippen molar-refractivity contribution in [3.8, 4) is 17.2 Å². The van der Waals surface area contributed by atoms with Gasteiger partial charge in [-0.1, -0.05) is 11.3 Å². The number of hydrogen-bond donors (Lipinski definition) is 2. The molecule has 0 unspecified atom stereocenters. The summed E-state index contributed by atoms with van der Waals surface area (Å²) in [6.07, 6.45) is 1.69. The van der Waals surface area contributed by atoms with Crippen molar-refractivity contribution in [1.29, 1.82) is 0 Å². The zero-order valence-corrected chi connectivity index (χ0v) is 20.6. The molecule has 0 spiro atoms. The molecule has 1 aliphatic rings. The van der Waals surface area contributed by atoms with E-state index in [9.17, 15) is 9.59 Å². The van der Waals surface area contributed by atoms with Crippen LogP contribution in [0.25, 0.3) is 0 Å². The Hall–Kier alpha value is -3.86. The van der Waals surface area contributed by atoms with Crippen molar-refractivity contribution in [2.24, 2.45) is 0 Å². The zero-order valence-electron chi connectivity index (χ0n) is 19.7. The molecule has 2 N–H and O–H groups in total. The smallest absolute Gasteiger partial charge is 0.321 e. The molecule has 3 aromatic rings. The first-order chi connectivity index (χ1) is 17.0. The third-order valence-corrected chi connectivity index (χ3v) is 6.78. The van der Waals surface area contributed by atoms with Crippen LogP contribution in [0.5, 0.6) is 17.2 Å². The molecule has 1 fully saturated rings. The van der Waals surface area contributed by atoms with Crippen LogP contribution in [0.4, 0.5) is 16.2 Å². The van der Waals surface area contributed by atoms with Gasteiger partial charge in [0, 0.05) is 30.8 Å². The summed E-state index contributed by atoms with van der Waals surface area (Å²) < 4.78 is 15.7. The molecule has 0 radical (unpaired) electrons. The number of benzene rings is 2. The lowest BCUT2D eigenvalue weighted by Gasteiger charge is -2.31. The zero-order chi connectivity index (χ0) is 24.8. The van der Waals surface area contributed by atoms with Crippen LogP contribution in [-0.2, 0) is 0 Å². The number of nitrogens with zero attached hydrogens (tertiary/aromatic N) is 3. The summed E-state index contributed by atoms with van der Waals surface area (Å²) in [5.74, 6) is 1.55. The highest BCUT2D eigenvalue weighted by molar-refractivity contribution is 7.13. The molecule has 1 atom stereocenters. The first-order valence-electron chi connectivity index (χ1n) is 11.1. The lowest BCUT2D eigenvalue weighted by atomic mass is 9.99. The van der Waals surface area contributed by atoms with Crippen molar-refractivity contribution < 1.29 is 23.8 Å². The van der Waals surface area contributed by atoms with Gasteiger partial charge in [0.25, 0.3) is 5.91 Å². The van der Waals surface area contributed by atoms with E-state index < -0.39 is 0 Å². The van der Waals surface area contributed by atoms with Crippen LogP contribution >= 0.6 is 11.3 Å². The number of nitrogens with one attached hydrogen (secondary N) is 2. The fourth-order valence-corrected chi connectivity index (χ4v) is 4.67. The number of carbonyl (C=O) groups excluding carboxylic acids is 2. The molecule has 2 aromatic carbocycles. The van der Waals surface area contributed by atoms with Gasteiger partial charge in [-0.2, -0.15) is 0 Å². The lowest BCUT2D eigenvalue weighted by Crippen LogP contribution is -2.41. The number of aromatic nitrogens is 2. The monoisotopic (exact) mass is 497 g/mol. The number of likely N-dealkylation sites (tertiary alicyclic amines) is 1. The molecular weight excluding hydrogens is 470 g/mol. The quantitative estimate of drug-likeness (QED) is 0.502. The second kappa shape index (κ2) is 11.0. The van der Waals surface area contributed by atoms with Gasteiger partial charge in [-0.25, -0.2) is 4.79 Å². The number of anilines is 2. The molecule has 2 heterocycles. The van der Waals surface area contributed by atoms with Gasteiger partial charge in [-0.15, -0.1) is 10.2 Å². The summed E-state index contributed by atoms with van der Waals surface area (Å²) in [5.41, 5.74) is 1.20. The van der Waals surface area contributed by atoms with Crippen molar-refractivity contribution >= 4 is 34.6 Å². The fourth-order valence-electron chi connectivity index (χ4n) is 3.81. The predicted octanol–water partition coefficient (Wildman–Crippen LogP) is 4.23. The maximum Gasteiger partial charge on any atom is 0.321 e. The number of methoxy groups -OCH3 is 3. The van der Waals surface area contributed by atoms with Gasteiger partial charge < -0.3 is 29.7 Å². The Labute approximate surface area is 207 Å². The molecule has 1 aromatic heterocycles. The van der Waals surface area contributed by atoms with Crippen LogP contribution in [-0.4, -0.2) is 61.5 Å². The van der Waals surface area contributed by atoms with Crippen molar-refractivity contribution in [1.82, 2.24) is 15.1 Å². The molecule has 11 heteroatoms. The Morgan fingerprint density at radius 2 is 1.71 bits per heavy atom. The third-order valence-electron chi connectivity index (χ3n) is 5.69. The molecule has 0 aliphatic carbocycles. The van der Waals surface area contributed by atoms with E-state index in [1.54, 1.807) is 68.7 Å². The average Bonchev–Trinajstić information content (AvgIpc) is 3.40. The normalized spacial score (nSPS) is 15.3. The largest absolute Gasteiger partial charge is 0.497 e. The minimum atomic E-state index is -0.323. The Morgan fingerprint density at radius 1 is 0.971 bits per heavy atom. The predicted molar refractivity (Wildman–Crippen MR) is 133 cm³/mol. The van der Waals surface area contributed by atoms with Crippen molar-refractivity contribution in [3.05, 3.63) is 52.5 Å². The third kappa shape index (κ3) is 5.80. The van der Waals surface area contributed by atoms with Crippen LogP contribution in [0.15, 0.2) is 42.5 Å². The maximum absolute atomic E-state index is 13.0. The molecule has 3 amide bonds. The summed E-state index contributed by atoms with van der Waals surface area (Å²) in [5, 5.41) is 15.1. The first kappa shape index (κ1) is 24.3. The Morgan fingerprint density at radius 3 is 2.43 bits per heavy atom. The van der Waals surface area contributed by atoms with E-state index in [4.69, 9.17) is 14.2 Å². The molecule has 0 bridgehead atoms. The van der Waals surface area contributed by atoms with E-state index in [0.29, 0.717) is 41.7 Å². The SMILES string of the molecule is COc1ccc(NC(=O)c2nnc([C@H]3CCCN(C(=O)Nc4ccc(OC)cc4OC)C3)s2)cc1. The molecule has 10 nitrogen and oxygen atoms in total. The Balaban J connectivity index is 1.38. The van der Waals surface area contributed by atoms with Crippen molar-refractivity contribution in [2.75, 3.05) is 45.1 Å². The Kier molecular flexibility index (Phi) is 7.66. The summed E-state index contributed by atoms with van der Waals surface area (Å²) in [6.45, 7) is 1.11. The van der Waals surface area contributed by atoms with Gasteiger partial charge in [-0.05, 0) is 49.2 Å². The fraction of sp³-hybridized carbons (Fsp3) is 0.333. The summed E-state index contributed by atoms with van der Waals surface area (Å²) in [6, 6.07) is 12.1. The lowest BCUT2D eigenvalue weighted by molar-refractivity contribution is 0.102. The number of ether oxygens (including phenoxy) is 3. The molecule has 35 heavy (non-hydrogen) atoms. The molecule has 1 aliphatic heterocycles. The minimum Gasteiger partial charge on any atom is -0.497 e. The second-order valence-corrected chi connectivity index (χ2v) is 8.92. The van der Waals surface area contributed by atoms with Gasteiger partial charge in [0.05, 0.1) is 27.0 Å². The minimum absolute atomic E-state index is 0.00676. The van der Waals surface area contributed by atoms with Gasteiger partial charge in [0.15, 0.2) is 0 Å². The number of hydrogen-bond acceptors (Lipinski definition) is 8. The number of amides is 3. The van der Waals surface area contributed by atoms with Crippen LogP contribution in [0.2, 0.25) is 0 Å². The standard InChI is InChI=1S/C24H27N5O5S/c1-32-17-8-6-16(7-9-17)25-21(30)23-28-27-22(35-23)15-5-4-12-29(14-15)24(31)26-19-11-10-18(33-2)13-20(19)34-3/h6-11,13,15H,4-5,12,14H2,1-3H3,(H,25,30)(H,26,31)/t15-/m0/s1. The summed E-state index contributed by atoms with van der Waals surface area (Å²) in [4.78, 5) is 27.3. The molecular formula is C24H27N5O5S. The average molecular weight is 498 g/mol. The van der Waals surface area contributed by atoms with Crippen molar-refractivity contribution in [2.45, 2.75) is 18.8 Å². The molecule has 4 rings (SSSR count). The number of piperidine rings is 1. The molecule has 0 saturated carbocycles. The van der Waals surface area contributed by atoms with E-state index >= 15 is 0 Å². The molecule has 184 valence electrons. The van der Waals surface area contributed by atoms with Crippen LogP contribution in [0.1, 0.15) is 33.6 Å². The highest BCUT2D eigenvalue weighted by atomic mass is 32.1. The summed E-state index contributed by atoms with van der Waals surface area (Å²) in [7, 11) is 4.70. The molecule has 1 saturated heterocycles. The highest BCUT2D eigenvalue weighted by Crippen LogP contribution is 2.32. The van der Waals surface area contributed by atoms with Gasteiger partial charge in [0.2, 0.25) is 5.01 Å². The number of urea groups is 1. The van der Waals surface area contributed by atoms with Crippen LogP contribution in [0, 0.1) is 0 Å². The van der Waals surface area contributed by atoms with E-state index in [1.807, 2.05) is 0 Å². The highest BCUT2D eigenvalue weighted by Gasteiger charge is 2.28. The first-order valence-corrected chi connectivity index (χ1v) is 11.9. The maximum atomic E-state index is 13.0. The number of rotatable bonds is 7. The Bertz CT molecular complexity index is 1180. The second-order valence-electron chi connectivity index (χ2n) is 7.91. The topological polar surface area (TPSA) is 115 Å². The van der Waals surface area contributed by atoms with Gasteiger partial charge in [0.1, 0.15) is 22.3 Å².